The maximum absolute atomic E-state index is 13.8. The molecule has 0 bridgehead atoms. The Kier molecular flexibility index (Phi) is 9.77. The van der Waals surface area contributed by atoms with Crippen LogP contribution in [0.25, 0.3) is 0 Å². The van der Waals surface area contributed by atoms with E-state index in [1.54, 1.807) is 7.11 Å². The number of carbonyl (C=O) groups excluding carboxylic acids is 1. The number of rotatable bonds is 10. The van der Waals surface area contributed by atoms with Crippen LogP contribution in [0.5, 0.6) is 11.5 Å². The summed E-state index contributed by atoms with van der Waals surface area (Å²) in [4.78, 5) is 18.0. The fourth-order valence-corrected chi connectivity index (χ4v) is 7.42. The Morgan fingerprint density at radius 1 is 1.00 bits per heavy atom. The van der Waals surface area contributed by atoms with Gasteiger partial charge in [-0.3, -0.25) is 4.79 Å². The molecule has 0 saturated heterocycles. The highest BCUT2D eigenvalue weighted by atomic mass is 35.5. The van der Waals surface area contributed by atoms with Crippen molar-refractivity contribution in [3.63, 3.8) is 0 Å². The Hall–Kier alpha value is -3.27. The number of fused-ring (bicyclic) bond motifs is 1. The van der Waals surface area contributed by atoms with E-state index in [-0.39, 0.29) is 30.5 Å². The Labute approximate surface area is 266 Å². The monoisotopic (exact) mass is 639 g/mol. The van der Waals surface area contributed by atoms with Crippen molar-refractivity contribution < 1.29 is 22.7 Å². The fraction of sp³-hybridized carbons (Fsp3) is 0.441. The van der Waals surface area contributed by atoms with Crippen LogP contribution in [0, 0.1) is 5.92 Å². The summed E-state index contributed by atoms with van der Waals surface area (Å²) < 4.78 is 37.7. The molecule has 1 aliphatic carbocycles. The van der Waals surface area contributed by atoms with Crippen LogP contribution >= 0.6 is 11.6 Å². The van der Waals surface area contributed by atoms with Crippen molar-refractivity contribution in [2.45, 2.75) is 64.1 Å². The zero-order valence-corrected chi connectivity index (χ0v) is 27.6. The maximum atomic E-state index is 13.8. The molecule has 8 nitrogen and oxygen atoms in total. The molecule has 5 rings (SSSR count). The number of amides is 1. The van der Waals surface area contributed by atoms with Crippen LogP contribution in [0.3, 0.4) is 0 Å². The smallest absolute Gasteiger partial charge is 0.232 e. The molecule has 1 fully saturated rings. The summed E-state index contributed by atoms with van der Waals surface area (Å²) in [5, 5.41) is 0.633. The molecule has 1 atom stereocenters. The molecular formula is C34H42ClN3O5S. The standard InChI is InChI=1S/C34H42ClN3O5S/c1-22(2)43-32-20-30-25(18-31(32)42-4)19-33(39)38(34(30)24-8-10-26(35)11-9-24)29-16-14-28(15-17-29)37(3)21-23-6-12-27(13-7-23)36-44(5,40)41/h8-11,14-18,20,22-23,27,34,36H,6-7,12-13,19,21H2,1-5H3/t23?,27?,34-/m0/s1. The average Bonchev–Trinajstić information content (AvgIpc) is 2.97. The second-order valence-corrected chi connectivity index (χ2v) is 14.5. The van der Waals surface area contributed by atoms with E-state index in [1.807, 2.05) is 67.3 Å². The van der Waals surface area contributed by atoms with Crippen LogP contribution < -0.4 is 24.0 Å². The van der Waals surface area contributed by atoms with Crippen LogP contribution in [0.4, 0.5) is 11.4 Å². The number of anilines is 2. The number of hydrogen-bond donors (Lipinski definition) is 1. The fourth-order valence-electron chi connectivity index (χ4n) is 6.45. The Bertz CT molecular complexity index is 1570. The normalized spacial score (nSPS) is 20.4. The van der Waals surface area contributed by atoms with Crippen molar-refractivity contribution >= 4 is 38.9 Å². The molecule has 1 saturated carbocycles. The van der Waals surface area contributed by atoms with Crippen LogP contribution in [0.15, 0.2) is 60.7 Å². The van der Waals surface area contributed by atoms with E-state index in [1.165, 1.54) is 6.26 Å². The van der Waals surface area contributed by atoms with Crippen LogP contribution in [-0.2, 0) is 21.2 Å². The Balaban J connectivity index is 1.40. The van der Waals surface area contributed by atoms with Crippen molar-refractivity contribution in [2.75, 3.05) is 36.8 Å². The third-order valence-corrected chi connectivity index (χ3v) is 9.48. The summed E-state index contributed by atoms with van der Waals surface area (Å²) >= 11 is 6.26. The molecule has 1 aliphatic heterocycles. The van der Waals surface area contributed by atoms with Gasteiger partial charge in [-0.15, -0.1) is 0 Å². The van der Waals surface area contributed by atoms with E-state index in [2.05, 4.69) is 28.8 Å². The first kappa shape index (κ1) is 32.1. The predicted molar refractivity (Wildman–Crippen MR) is 177 cm³/mol. The molecule has 1 amide bonds. The molecule has 3 aromatic carbocycles. The van der Waals surface area contributed by atoms with Crippen molar-refractivity contribution in [3.8, 4) is 11.5 Å². The summed E-state index contributed by atoms with van der Waals surface area (Å²) in [6.45, 7) is 4.84. The van der Waals surface area contributed by atoms with Gasteiger partial charge < -0.3 is 19.3 Å². The topological polar surface area (TPSA) is 88.2 Å². The quantitative estimate of drug-likeness (QED) is 0.278. The first-order chi connectivity index (χ1) is 20.9. The van der Waals surface area contributed by atoms with Crippen molar-refractivity contribution in [1.82, 2.24) is 4.72 Å². The molecule has 10 heteroatoms. The Morgan fingerprint density at radius 2 is 1.66 bits per heavy atom. The van der Waals surface area contributed by atoms with Gasteiger partial charge in [0.25, 0.3) is 0 Å². The SMILES string of the molecule is COc1cc2c(cc1OC(C)C)[C@H](c1ccc(Cl)cc1)N(c1ccc(N(C)CC3CCC(NS(C)(=O)=O)CC3)cc1)C(=O)C2. The Morgan fingerprint density at radius 3 is 2.25 bits per heavy atom. The first-order valence-electron chi connectivity index (χ1n) is 15.1. The van der Waals surface area contributed by atoms with E-state index in [4.69, 9.17) is 21.1 Å². The number of nitrogens with one attached hydrogen (secondary N) is 1. The lowest BCUT2D eigenvalue weighted by Gasteiger charge is -2.38. The van der Waals surface area contributed by atoms with Gasteiger partial charge in [0, 0.05) is 36.0 Å². The van der Waals surface area contributed by atoms with Gasteiger partial charge in [0.2, 0.25) is 15.9 Å². The summed E-state index contributed by atoms with van der Waals surface area (Å²) in [6.07, 6.45) is 5.09. The summed E-state index contributed by atoms with van der Waals surface area (Å²) in [5.74, 6) is 1.75. The van der Waals surface area contributed by atoms with Gasteiger partial charge in [-0.25, -0.2) is 13.1 Å². The van der Waals surface area contributed by atoms with E-state index in [9.17, 15) is 13.2 Å². The van der Waals surface area contributed by atoms with Crippen LogP contribution in [0.1, 0.15) is 62.3 Å². The van der Waals surface area contributed by atoms with E-state index in [0.29, 0.717) is 22.4 Å². The second kappa shape index (κ2) is 13.4. The molecule has 2 aliphatic rings. The zero-order chi connectivity index (χ0) is 31.6. The molecule has 3 aromatic rings. The number of benzene rings is 3. The molecule has 0 radical (unpaired) electrons. The van der Waals surface area contributed by atoms with Gasteiger partial charge in [0.15, 0.2) is 11.5 Å². The van der Waals surface area contributed by atoms with Gasteiger partial charge in [0.1, 0.15) is 0 Å². The molecule has 44 heavy (non-hydrogen) atoms. The lowest BCUT2D eigenvalue weighted by atomic mass is 9.86. The summed E-state index contributed by atoms with van der Waals surface area (Å²) in [5.41, 5.74) is 4.73. The number of nitrogens with zero attached hydrogens (tertiary/aromatic N) is 2. The highest BCUT2D eigenvalue weighted by molar-refractivity contribution is 7.88. The van der Waals surface area contributed by atoms with Gasteiger partial charge in [-0.2, -0.15) is 0 Å². The van der Waals surface area contributed by atoms with Crippen molar-refractivity contribution in [3.05, 3.63) is 82.4 Å². The third kappa shape index (κ3) is 7.50. The first-order valence-corrected chi connectivity index (χ1v) is 17.4. The van der Waals surface area contributed by atoms with Gasteiger partial charge in [-0.1, -0.05) is 23.7 Å². The number of carbonyl (C=O) groups is 1. The zero-order valence-electron chi connectivity index (χ0n) is 26.0. The van der Waals surface area contributed by atoms with E-state index < -0.39 is 10.0 Å². The van der Waals surface area contributed by atoms with Gasteiger partial charge in [0.05, 0.1) is 31.9 Å². The number of hydrogen-bond acceptors (Lipinski definition) is 6. The molecule has 236 valence electrons. The van der Waals surface area contributed by atoms with Crippen LogP contribution in [0.2, 0.25) is 5.02 Å². The molecule has 1 heterocycles. The summed E-state index contributed by atoms with van der Waals surface area (Å²) in [7, 11) is 0.514. The predicted octanol–water partition coefficient (Wildman–Crippen LogP) is 6.36. The number of ether oxygens (including phenoxy) is 2. The van der Waals surface area contributed by atoms with Gasteiger partial charge >= 0.3 is 0 Å². The lowest BCUT2D eigenvalue weighted by molar-refractivity contribution is -0.118. The van der Waals surface area contributed by atoms with Crippen LogP contribution in [-0.4, -0.2) is 53.4 Å². The van der Waals surface area contributed by atoms with Crippen molar-refractivity contribution in [2.24, 2.45) is 5.92 Å². The largest absolute Gasteiger partial charge is 0.493 e. The van der Waals surface area contributed by atoms with Crippen molar-refractivity contribution in [1.29, 1.82) is 0 Å². The minimum absolute atomic E-state index is 0.00222. The number of methoxy groups -OCH3 is 1. The minimum Gasteiger partial charge on any atom is -0.493 e. The summed E-state index contributed by atoms with van der Waals surface area (Å²) in [6, 6.07) is 19.4. The average molecular weight is 640 g/mol. The number of halogens is 1. The number of sulfonamides is 1. The highest BCUT2D eigenvalue weighted by Gasteiger charge is 2.36. The second-order valence-electron chi connectivity index (χ2n) is 12.3. The van der Waals surface area contributed by atoms with E-state index in [0.717, 1.165) is 60.3 Å². The third-order valence-electron chi connectivity index (χ3n) is 8.47. The highest BCUT2D eigenvalue weighted by Crippen LogP contribution is 2.44. The molecular weight excluding hydrogens is 598 g/mol. The molecule has 0 unspecified atom stereocenters. The molecule has 1 N–H and O–H groups in total. The lowest BCUT2D eigenvalue weighted by Crippen LogP contribution is -2.41. The molecule has 0 spiro atoms. The van der Waals surface area contributed by atoms with E-state index >= 15 is 0 Å². The van der Waals surface area contributed by atoms with Gasteiger partial charge in [-0.05, 0) is 111 Å². The molecule has 0 aromatic heterocycles. The minimum atomic E-state index is -3.18. The maximum Gasteiger partial charge on any atom is 0.232 e.